The molecule has 160 valence electrons. The molecule has 5 nitrogen and oxygen atoms in total. The van der Waals surface area contributed by atoms with Gasteiger partial charge in [-0.3, -0.25) is 0 Å². The van der Waals surface area contributed by atoms with Crippen LogP contribution in [0.1, 0.15) is 30.4 Å². The van der Waals surface area contributed by atoms with Gasteiger partial charge in [0.05, 0.1) is 24.5 Å². The summed E-state index contributed by atoms with van der Waals surface area (Å²) in [6.45, 7) is 1.65. The summed E-state index contributed by atoms with van der Waals surface area (Å²) in [5.74, 6) is 0. The van der Waals surface area contributed by atoms with Crippen LogP contribution in [0.2, 0.25) is 0 Å². The quantitative estimate of drug-likeness (QED) is 0.763. The standard InChI is InChI=1S/C22H23F3N2O3/c23-22(24,25)17-8-9-19(26-20(28)27-10-2-1-3-11-27)18(12-17)15-4-6-16(7-5-15)21(29)13-30-14-21/h4-9,12,29H,1-3,10-11,13-14H2,(H,26,28). The minimum Gasteiger partial charge on any atom is -0.380 e. The van der Waals surface area contributed by atoms with Crippen LogP contribution in [0, 0.1) is 0 Å². The largest absolute Gasteiger partial charge is 0.416 e. The number of aliphatic hydroxyl groups is 1. The molecule has 2 heterocycles. The number of rotatable bonds is 3. The van der Waals surface area contributed by atoms with Crippen molar-refractivity contribution in [2.45, 2.75) is 31.0 Å². The summed E-state index contributed by atoms with van der Waals surface area (Å²) < 4.78 is 45.0. The topological polar surface area (TPSA) is 61.8 Å². The maximum atomic E-state index is 13.3. The first-order chi connectivity index (χ1) is 14.3. The van der Waals surface area contributed by atoms with Gasteiger partial charge in [0.25, 0.3) is 0 Å². The van der Waals surface area contributed by atoms with E-state index in [0.717, 1.165) is 31.4 Å². The average Bonchev–Trinajstić information content (AvgIpc) is 2.72. The van der Waals surface area contributed by atoms with Gasteiger partial charge in [-0.15, -0.1) is 0 Å². The first-order valence-corrected chi connectivity index (χ1v) is 9.94. The number of halogens is 3. The second kappa shape index (κ2) is 7.92. The Kier molecular flexibility index (Phi) is 5.46. The van der Waals surface area contributed by atoms with Gasteiger partial charge in [-0.1, -0.05) is 24.3 Å². The number of nitrogens with one attached hydrogen (secondary N) is 1. The highest BCUT2D eigenvalue weighted by atomic mass is 19.4. The summed E-state index contributed by atoms with van der Waals surface area (Å²) in [6, 6.07) is 9.65. The highest BCUT2D eigenvalue weighted by Crippen LogP contribution is 2.37. The van der Waals surface area contributed by atoms with Crippen molar-refractivity contribution < 1.29 is 27.8 Å². The van der Waals surface area contributed by atoms with E-state index >= 15 is 0 Å². The number of alkyl halides is 3. The lowest BCUT2D eigenvalue weighted by atomic mass is 9.90. The third-order valence-corrected chi connectivity index (χ3v) is 5.65. The Bertz CT molecular complexity index is 918. The number of benzene rings is 2. The number of anilines is 1. The molecule has 0 atom stereocenters. The third-order valence-electron chi connectivity index (χ3n) is 5.65. The molecule has 0 saturated carbocycles. The van der Waals surface area contributed by atoms with Crippen molar-refractivity contribution in [1.82, 2.24) is 4.90 Å². The third kappa shape index (κ3) is 4.15. The molecule has 2 fully saturated rings. The van der Waals surface area contributed by atoms with Crippen LogP contribution < -0.4 is 5.32 Å². The second-order valence-corrected chi connectivity index (χ2v) is 7.84. The predicted molar refractivity (Wildman–Crippen MR) is 106 cm³/mol. The van der Waals surface area contributed by atoms with Gasteiger partial charge in [0.1, 0.15) is 5.60 Å². The van der Waals surface area contributed by atoms with Crippen LogP contribution in [0.3, 0.4) is 0 Å². The molecule has 2 aliphatic rings. The van der Waals surface area contributed by atoms with E-state index in [1.165, 1.54) is 6.07 Å². The van der Waals surface area contributed by atoms with Crippen LogP contribution in [0.4, 0.5) is 23.7 Å². The fourth-order valence-electron chi connectivity index (χ4n) is 3.78. The number of hydrogen-bond acceptors (Lipinski definition) is 3. The molecule has 2 saturated heterocycles. The van der Waals surface area contributed by atoms with Crippen LogP contribution in [0.15, 0.2) is 42.5 Å². The SMILES string of the molecule is O=C(Nc1ccc(C(F)(F)F)cc1-c1ccc(C2(O)COC2)cc1)N1CCCCC1. The Morgan fingerprint density at radius 1 is 1.03 bits per heavy atom. The highest BCUT2D eigenvalue weighted by molar-refractivity contribution is 5.94. The molecule has 0 bridgehead atoms. The van der Waals surface area contributed by atoms with Gasteiger partial charge in [-0.05, 0) is 48.6 Å². The van der Waals surface area contributed by atoms with E-state index in [9.17, 15) is 23.1 Å². The van der Waals surface area contributed by atoms with Gasteiger partial charge in [-0.25, -0.2) is 4.79 Å². The zero-order chi connectivity index (χ0) is 21.4. The number of carbonyl (C=O) groups excluding carboxylic acids is 1. The smallest absolute Gasteiger partial charge is 0.380 e. The second-order valence-electron chi connectivity index (χ2n) is 7.84. The van der Waals surface area contributed by atoms with Gasteiger partial charge < -0.3 is 20.1 Å². The van der Waals surface area contributed by atoms with Crippen molar-refractivity contribution in [3.8, 4) is 11.1 Å². The summed E-state index contributed by atoms with van der Waals surface area (Å²) in [5, 5.41) is 13.1. The summed E-state index contributed by atoms with van der Waals surface area (Å²) in [6.07, 6.45) is -1.59. The molecule has 2 aromatic rings. The fourth-order valence-corrected chi connectivity index (χ4v) is 3.78. The van der Waals surface area contributed by atoms with E-state index in [0.29, 0.717) is 29.9 Å². The highest BCUT2D eigenvalue weighted by Gasteiger charge is 2.38. The molecular formula is C22H23F3N2O3. The monoisotopic (exact) mass is 420 g/mol. The summed E-state index contributed by atoms with van der Waals surface area (Å²) in [5.41, 5.74) is -0.0948. The van der Waals surface area contributed by atoms with Gasteiger partial charge >= 0.3 is 12.2 Å². The van der Waals surface area contributed by atoms with Crippen LogP contribution in [0.25, 0.3) is 11.1 Å². The van der Waals surface area contributed by atoms with Crippen molar-refractivity contribution in [3.63, 3.8) is 0 Å². The predicted octanol–water partition coefficient (Wildman–Crippen LogP) is 4.61. The van der Waals surface area contributed by atoms with Gasteiger partial charge in [0, 0.05) is 18.7 Å². The zero-order valence-corrected chi connectivity index (χ0v) is 16.3. The summed E-state index contributed by atoms with van der Waals surface area (Å²) >= 11 is 0. The van der Waals surface area contributed by atoms with E-state index in [-0.39, 0.29) is 24.8 Å². The fraction of sp³-hybridized carbons (Fsp3) is 0.409. The number of hydrogen-bond donors (Lipinski definition) is 2. The molecule has 0 spiro atoms. The Balaban J connectivity index is 1.66. The molecule has 8 heteroatoms. The first-order valence-electron chi connectivity index (χ1n) is 9.94. The number of likely N-dealkylation sites (tertiary alicyclic amines) is 1. The molecule has 0 unspecified atom stereocenters. The van der Waals surface area contributed by atoms with Gasteiger partial charge in [0.2, 0.25) is 0 Å². The van der Waals surface area contributed by atoms with Crippen molar-refractivity contribution >= 4 is 11.7 Å². The lowest BCUT2D eigenvalue weighted by molar-refractivity contribution is -0.184. The summed E-state index contributed by atoms with van der Waals surface area (Å²) in [4.78, 5) is 14.3. The Hall–Kier alpha value is -2.58. The van der Waals surface area contributed by atoms with Crippen molar-refractivity contribution in [2.75, 3.05) is 31.6 Å². The molecule has 2 N–H and O–H groups in total. The number of nitrogens with zero attached hydrogens (tertiary/aromatic N) is 1. The van der Waals surface area contributed by atoms with Gasteiger partial charge in [0.15, 0.2) is 0 Å². The zero-order valence-electron chi connectivity index (χ0n) is 16.3. The molecule has 2 amide bonds. The Morgan fingerprint density at radius 2 is 1.70 bits per heavy atom. The number of urea groups is 1. The maximum Gasteiger partial charge on any atom is 0.416 e. The van der Waals surface area contributed by atoms with Crippen LogP contribution >= 0.6 is 0 Å². The van der Waals surface area contributed by atoms with Crippen molar-refractivity contribution in [2.24, 2.45) is 0 Å². The molecule has 4 rings (SSSR count). The van der Waals surface area contributed by atoms with Crippen molar-refractivity contribution in [3.05, 3.63) is 53.6 Å². The number of amides is 2. The number of piperidine rings is 1. The minimum atomic E-state index is -4.50. The molecule has 2 aliphatic heterocycles. The van der Waals surface area contributed by atoms with Crippen LogP contribution in [-0.4, -0.2) is 42.3 Å². The number of ether oxygens (including phenoxy) is 1. The lowest BCUT2D eigenvalue weighted by Gasteiger charge is -2.36. The van der Waals surface area contributed by atoms with Crippen LogP contribution in [0.5, 0.6) is 0 Å². The Labute approximate surface area is 172 Å². The maximum absolute atomic E-state index is 13.3. The average molecular weight is 420 g/mol. The molecule has 2 aromatic carbocycles. The molecule has 0 radical (unpaired) electrons. The number of carbonyl (C=O) groups is 1. The van der Waals surface area contributed by atoms with E-state index < -0.39 is 17.3 Å². The van der Waals surface area contributed by atoms with E-state index in [4.69, 9.17) is 4.74 Å². The normalized spacial score (nSPS) is 18.6. The molecular weight excluding hydrogens is 397 g/mol. The van der Waals surface area contributed by atoms with Crippen LogP contribution in [-0.2, 0) is 16.5 Å². The molecule has 30 heavy (non-hydrogen) atoms. The Morgan fingerprint density at radius 3 is 2.27 bits per heavy atom. The molecule has 0 aliphatic carbocycles. The summed E-state index contributed by atoms with van der Waals surface area (Å²) in [7, 11) is 0. The minimum absolute atomic E-state index is 0.188. The molecule has 0 aromatic heterocycles. The van der Waals surface area contributed by atoms with E-state index in [1.54, 1.807) is 29.2 Å². The van der Waals surface area contributed by atoms with Crippen molar-refractivity contribution in [1.29, 1.82) is 0 Å². The van der Waals surface area contributed by atoms with E-state index in [1.807, 2.05) is 0 Å². The van der Waals surface area contributed by atoms with Gasteiger partial charge in [-0.2, -0.15) is 13.2 Å². The van der Waals surface area contributed by atoms with E-state index in [2.05, 4.69) is 5.32 Å². The lowest BCUT2D eigenvalue weighted by Crippen LogP contribution is -2.46. The first kappa shape index (κ1) is 20.7.